The Morgan fingerprint density at radius 2 is 2.06 bits per heavy atom. The molecule has 1 N–H and O–H groups in total. The fraction of sp³-hybridized carbons (Fsp3) is 1.00. The maximum Gasteiger partial charge on any atom is 0.0597 e. The molecule has 0 spiro atoms. The molecule has 2 aliphatic rings. The maximum absolute atomic E-state index is 5.97. The van der Waals surface area contributed by atoms with E-state index in [9.17, 15) is 0 Å². The summed E-state index contributed by atoms with van der Waals surface area (Å²) in [5, 5.41) is 3.56. The average Bonchev–Trinajstić information content (AvgIpc) is 2.82. The Morgan fingerprint density at radius 1 is 1.29 bits per heavy atom. The van der Waals surface area contributed by atoms with Gasteiger partial charge in [-0.25, -0.2) is 0 Å². The summed E-state index contributed by atoms with van der Waals surface area (Å²) in [6.07, 6.45) is 7.11. The topological polar surface area (TPSA) is 24.5 Å². The molecule has 0 bridgehead atoms. The summed E-state index contributed by atoms with van der Waals surface area (Å²) in [6.45, 7) is 8.91. The Morgan fingerprint density at radius 3 is 2.76 bits per heavy atom. The monoisotopic (exact) mass is 240 g/mol. The lowest BCUT2D eigenvalue weighted by Gasteiger charge is -2.39. The van der Waals surface area contributed by atoms with Crippen LogP contribution in [0.15, 0.2) is 0 Å². The average molecular weight is 240 g/mol. The van der Waals surface area contributed by atoms with Crippen LogP contribution in [0.25, 0.3) is 0 Å². The molecular formula is C14H28N2O. The quantitative estimate of drug-likeness (QED) is 0.795. The zero-order valence-corrected chi connectivity index (χ0v) is 11.5. The minimum absolute atomic E-state index is 0.565. The maximum atomic E-state index is 5.97. The summed E-state index contributed by atoms with van der Waals surface area (Å²) in [7, 11) is 0. The lowest BCUT2D eigenvalue weighted by atomic mass is 10.1. The van der Waals surface area contributed by atoms with Gasteiger partial charge in [-0.05, 0) is 26.2 Å². The molecular weight excluding hydrogens is 212 g/mol. The highest BCUT2D eigenvalue weighted by molar-refractivity contribution is 4.83. The molecule has 100 valence electrons. The number of nitrogens with one attached hydrogen (secondary N) is 1. The van der Waals surface area contributed by atoms with Crippen molar-refractivity contribution in [2.45, 2.75) is 64.1 Å². The van der Waals surface area contributed by atoms with Crippen LogP contribution < -0.4 is 5.32 Å². The van der Waals surface area contributed by atoms with E-state index in [2.05, 4.69) is 24.1 Å². The van der Waals surface area contributed by atoms with Gasteiger partial charge in [-0.15, -0.1) is 0 Å². The van der Waals surface area contributed by atoms with E-state index in [0.717, 1.165) is 19.7 Å². The van der Waals surface area contributed by atoms with E-state index in [1.807, 2.05) is 0 Å². The van der Waals surface area contributed by atoms with Crippen molar-refractivity contribution in [1.82, 2.24) is 10.2 Å². The van der Waals surface area contributed by atoms with Gasteiger partial charge in [0.25, 0.3) is 0 Å². The Hall–Kier alpha value is -0.120. The molecule has 1 saturated heterocycles. The van der Waals surface area contributed by atoms with Gasteiger partial charge >= 0.3 is 0 Å². The summed E-state index contributed by atoms with van der Waals surface area (Å²) in [6, 6.07) is 1.34. The molecule has 1 aliphatic carbocycles. The van der Waals surface area contributed by atoms with Crippen molar-refractivity contribution in [3.63, 3.8) is 0 Å². The number of rotatable bonds is 5. The molecule has 2 atom stereocenters. The van der Waals surface area contributed by atoms with Crippen molar-refractivity contribution in [1.29, 1.82) is 0 Å². The predicted molar refractivity (Wildman–Crippen MR) is 71.3 cm³/mol. The zero-order chi connectivity index (χ0) is 12.1. The van der Waals surface area contributed by atoms with Crippen molar-refractivity contribution in [2.24, 2.45) is 0 Å². The minimum Gasteiger partial charge on any atom is -0.377 e. The van der Waals surface area contributed by atoms with Crippen LogP contribution in [-0.4, -0.2) is 49.3 Å². The molecule has 17 heavy (non-hydrogen) atoms. The van der Waals surface area contributed by atoms with Crippen molar-refractivity contribution in [3.8, 4) is 0 Å². The third-order valence-electron chi connectivity index (χ3n) is 4.23. The number of hydrogen-bond acceptors (Lipinski definition) is 3. The Bertz CT molecular complexity index is 216. The second-order valence-corrected chi connectivity index (χ2v) is 5.64. The summed E-state index contributed by atoms with van der Waals surface area (Å²) in [4.78, 5) is 2.61. The van der Waals surface area contributed by atoms with E-state index in [1.54, 1.807) is 0 Å². The van der Waals surface area contributed by atoms with Gasteiger partial charge in [-0.3, -0.25) is 4.90 Å². The molecule has 0 amide bonds. The lowest BCUT2D eigenvalue weighted by molar-refractivity contribution is 0.0243. The van der Waals surface area contributed by atoms with Gasteiger partial charge in [-0.2, -0.15) is 0 Å². The van der Waals surface area contributed by atoms with Gasteiger partial charge < -0.3 is 10.1 Å². The minimum atomic E-state index is 0.565. The van der Waals surface area contributed by atoms with Gasteiger partial charge in [0.05, 0.1) is 12.7 Å². The van der Waals surface area contributed by atoms with E-state index in [0.29, 0.717) is 18.2 Å². The van der Waals surface area contributed by atoms with Crippen molar-refractivity contribution in [2.75, 3.05) is 26.2 Å². The molecule has 0 aromatic rings. The molecule has 3 heteroatoms. The van der Waals surface area contributed by atoms with E-state index in [1.165, 1.54) is 38.6 Å². The summed E-state index contributed by atoms with van der Waals surface area (Å²) in [5.41, 5.74) is 0. The fourth-order valence-corrected chi connectivity index (χ4v) is 3.10. The first-order valence-corrected chi connectivity index (χ1v) is 7.38. The van der Waals surface area contributed by atoms with Gasteiger partial charge in [0, 0.05) is 31.7 Å². The molecule has 1 saturated carbocycles. The third kappa shape index (κ3) is 3.94. The second-order valence-electron chi connectivity index (χ2n) is 5.64. The Labute approximate surface area is 106 Å². The number of hydrogen-bond donors (Lipinski definition) is 1. The van der Waals surface area contributed by atoms with Crippen molar-refractivity contribution in [3.05, 3.63) is 0 Å². The van der Waals surface area contributed by atoms with Gasteiger partial charge in [0.1, 0.15) is 0 Å². The first kappa shape index (κ1) is 13.3. The first-order valence-electron chi connectivity index (χ1n) is 7.38. The number of ether oxygens (including phenoxy) is 1. The smallest absolute Gasteiger partial charge is 0.0597 e. The third-order valence-corrected chi connectivity index (χ3v) is 4.23. The van der Waals surface area contributed by atoms with Crippen LogP contribution >= 0.6 is 0 Å². The first-order chi connectivity index (χ1) is 8.29. The highest BCUT2D eigenvalue weighted by atomic mass is 16.5. The highest BCUT2D eigenvalue weighted by Crippen LogP contribution is 2.21. The van der Waals surface area contributed by atoms with Crippen LogP contribution in [0.1, 0.15) is 46.0 Å². The van der Waals surface area contributed by atoms with Gasteiger partial charge in [-0.1, -0.05) is 19.8 Å². The van der Waals surface area contributed by atoms with E-state index < -0.39 is 0 Å². The van der Waals surface area contributed by atoms with E-state index in [4.69, 9.17) is 4.74 Å². The molecule has 1 aliphatic heterocycles. The number of nitrogens with zero attached hydrogens (tertiary/aromatic N) is 1. The predicted octanol–water partition coefficient (Wildman–Crippen LogP) is 2.02. The number of piperazine rings is 1. The molecule has 0 aromatic heterocycles. The van der Waals surface area contributed by atoms with E-state index in [-0.39, 0.29) is 0 Å². The van der Waals surface area contributed by atoms with Crippen LogP contribution in [0.5, 0.6) is 0 Å². The molecule has 0 aromatic carbocycles. The molecule has 0 radical (unpaired) electrons. The Kier molecular flexibility index (Phi) is 5.26. The van der Waals surface area contributed by atoms with Crippen molar-refractivity contribution >= 4 is 0 Å². The largest absolute Gasteiger partial charge is 0.377 e. The molecule has 2 fully saturated rings. The van der Waals surface area contributed by atoms with E-state index >= 15 is 0 Å². The summed E-state index contributed by atoms with van der Waals surface area (Å²) in [5.74, 6) is 0. The fourth-order valence-electron chi connectivity index (χ4n) is 3.10. The molecule has 2 rings (SSSR count). The molecule has 3 nitrogen and oxygen atoms in total. The van der Waals surface area contributed by atoms with Crippen LogP contribution in [0.4, 0.5) is 0 Å². The summed E-state index contributed by atoms with van der Waals surface area (Å²) >= 11 is 0. The van der Waals surface area contributed by atoms with Crippen LogP contribution in [-0.2, 0) is 4.74 Å². The SMILES string of the molecule is CCC1CNC(C)CN1CCOC1CCCC1. The second kappa shape index (κ2) is 6.72. The zero-order valence-electron chi connectivity index (χ0n) is 11.5. The van der Waals surface area contributed by atoms with Gasteiger partial charge in [0.2, 0.25) is 0 Å². The highest BCUT2D eigenvalue weighted by Gasteiger charge is 2.24. The molecule has 1 heterocycles. The standard InChI is InChI=1S/C14H28N2O/c1-3-13-10-15-12(2)11-16(13)8-9-17-14-6-4-5-7-14/h12-15H,3-11H2,1-2H3. The lowest BCUT2D eigenvalue weighted by Crippen LogP contribution is -2.55. The summed E-state index contributed by atoms with van der Waals surface area (Å²) < 4.78 is 5.97. The van der Waals surface area contributed by atoms with Crippen LogP contribution in [0, 0.1) is 0 Å². The van der Waals surface area contributed by atoms with Crippen LogP contribution in [0.2, 0.25) is 0 Å². The normalized spacial score (nSPS) is 32.1. The van der Waals surface area contributed by atoms with Crippen LogP contribution in [0.3, 0.4) is 0 Å². The van der Waals surface area contributed by atoms with Gasteiger partial charge in [0.15, 0.2) is 0 Å². The molecule has 2 unspecified atom stereocenters. The Balaban J connectivity index is 1.68. The van der Waals surface area contributed by atoms with Crippen molar-refractivity contribution < 1.29 is 4.74 Å².